The molecule has 0 unspecified atom stereocenters. The molecule has 0 atom stereocenters. The van der Waals surface area contributed by atoms with Gasteiger partial charge in [0.05, 0.1) is 12.1 Å². The van der Waals surface area contributed by atoms with Crippen LogP contribution < -0.4 is 10.6 Å². The Labute approximate surface area is 163 Å². The number of nitrogens with one attached hydrogen (secondary N) is 2. The SMILES string of the molecule is CC(=O)c1c(C)oc(NC(=O)CNC(=O)c2ccc(C(C)(C)C)cc2)c1C#N. The van der Waals surface area contributed by atoms with Gasteiger partial charge in [0.1, 0.15) is 17.4 Å². The first kappa shape index (κ1) is 20.9. The molecule has 0 fully saturated rings. The topological polar surface area (TPSA) is 112 Å². The largest absolute Gasteiger partial charge is 0.443 e. The highest BCUT2D eigenvalue weighted by Crippen LogP contribution is 2.26. The Morgan fingerprint density at radius 3 is 2.25 bits per heavy atom. The number of ketones is 1. The van der Waals surface area contributed by atoms with Crippen LogP contribution in [0.15, 0.2) is 28.7 Å². The summed E-state index contributed by atoms with van der Waals surface area (Å²) < 4.78 is 5.32. The van der Waals surface area contributed by atoms with E-state index in [1.807, 2.05) is 18.2 Å². The standard InChI is InChI=1S/C21H23N3O4/c1-12(25)18-13(2)28-20(16(18)10-22)24-17(26)11-23-19(27)14-6-8-15(9-7-14)21(3,4)5/h6-9H,11H2,1-5H3,(H,23,27)(H,24,26). The molecule has 0 radical (unpaired) electrons. The van der Waals surface area contributed by atoms with E-state index in [1.165, 1.54) is 13.8 Å². The first-order valence-electron chi connectivity index (χ1n) is 8.77. The number of Topliss-reactive ketones (excluding diaryl/α,β-unsaturated/α-hetero) is 1. The maximum Gasteiger partial charge on any atom is 0.251 e. The van der Waals surface area contributed by atoms with Crippen molar-refractivity contribution in [3.8, 4) is 6.07 Å². The lowest BCUT2D eigenvalue weighted by Gasteiger charge is -2.19. The first-order chi connectivity index (χ1) is 13.0. The summed E-state index contributed by atoms with van der Waals surface area (Å²) in [7, 11) is 0. The lowest BCUT2D eigenvalue weighted by atomic mass is 9.87. The van der Waals surface area contributed by atoms with Crippen LogP contribution >= 0.6 is 0 Å². The maximum absolute atomic E-state index is 12.2. The molecule has 2 rings (SSSR count). The molecule has 7 heteroatoms. The third kappa shape index (κ3) is 4.65. The number of carbonyl (C=O) groups excluding carboxylic acids is 3. The highest BCUT2D eigenvalue weighted by molar-refractivity contribution is 6.02. The summed E-state index contributed by atoms with van der Waals surface area (Å²) in [6, 6.07) is 9.03. The summed E-state index contributed by atoms with van der Waals surface area (Å²) in [5, 5.41) is 14.2. The fourth-order valence-corrected chi connectivity index (χ4v) is 2.72. The molecule has 2 N–H and O–H groups in total. The highest BCUT2D eigenvalue weighted by Gasteiger charge is 2.22. The number of furan rings is 1. The van der Waals surface area contributed by atoms with E-state index in [-0.39, 0.29) is 40.5 Å². The predicted molar refractivity (Wildman–Crippen MR) is 104 cm³/mol. The van der Waals surface area contributed by atoms with Gasteiger partial charge in [-0.05, 0) is 37.0 Å². The fraction of sp³-hybridized carbons (Fsp3) is 0.333. The normalized spacial score (nSPS) is 10.9. The Hall–Kier alpha value is -3.40. The van der Waals surface area contributed by atoms with Gasteiger partial charge < -0.3 is 9.73 Å². The number of carbonyl (C=O) groups is 3. The van der Waals surface area contributed by atoms with Crippen molar-refractivity contribution >= 4 is 23.5 Å². The van der Waals surface area contributed by atoms with Crippen molar-refractivity contribution in [2.75, 3.05) is 11.9 Å². The Kier molecular flexibility index (Phi) is 6.04. The van der Waals surface area contributed by atoms with Crippen LogP contribution in [0.25, 0.3) is 0 Å². The molecule has 1 heterocycles. The van der Waals surface area contributed by atoms with E-state index in [1.54, 1.807) is 12.1 Å². The molecule has 0 bridgehead atoms. The number of benzene rings is 1. The summed E-state index contributed by atoms with van der Waals surface area (Å²) in [6.45, 7) is 8.78. The zero-order valence-electron chi connectivity index (χ0n) is 16.6. The molecule has 146 valence electrons. The maximum atomic E-state index is 12.2. The summed E-state index contributed by atoms with van der Waals surface area (Å²) in [5.74, 6) is -1.14. The van der Waals surface area contributed by atoms with E-state index in [0.717, 1.165) is 5.56 Å². The molecule has 2 aromatic rings. The highest BCUT2D eigenvalue weighted by atomic mass is 16.4. The molecule has 1 aromatic carbocycles. The van der Waals surface area contributed by atoms with E-state index in [0.29, 0.717) is 5.56 Å². The third-order valence-corrected chi connectivity index (χ3v) is 4.22. The van der Waals surface area contributed by atoms with Gasteiger partial charge in [-0.2, -0.15) is 5.26 Å². The number of anilines is 1. The van der Waals surface area contributed by atoms with Crippen molar-refractivity contribution in [2.45, 2.75) is 40.0 Å². The minimum Gasteiger partial charge on any atom is -0.443 e. The third-order valence-electron chi connectivity index (χ3n) is 4.22. The number of hydrogen-bond acceptors (Lipinski definition) is 5. The van der Waals surface area contributed by atoms with Gasteiger partial charge in [0.25, 0.3) is 5.91 Å². The van der Waals surface area contributed by atoms with Gasteiger partial charge in [-0.3, -0.25) is 19.7 Å². The molecule has 1 aromatic heterocycles. The molecule has 0 saturated heterocycles. The zero-order valence-corrected chi connectivity index (χ0v) is 16.6. The van der Waals surface area contributed by atoms with Crippen LogP contribution in [0, 0.1) is 18.3 Å². The number of aryl methyl sites for hydroxylation is 1. The monoisotopic (exact) mass is 381 g/mol. The van der Waals surface area contributed by atoms with Crippen molar-refractivity contribution in [3.05, 3.63) is 52.3 Å². The lowest BCUT2D eigenvalue weighted by Crippen LogP contribution is -2.33. The molecule has 0 aliphatic carbocycles. The average Bonchev–Trinajstić information content (AvgIpc) is 2.94. The molecule has 2 amide bonds. The molecule has 0 spiro atoms. The molecular formula is C21H23N3O4. The van der Waals surface area contributed by atoms with Crippen LogP contribution in [0.2, 0.25) is 0 Å². The zero-order chi connectivity index (χ0) is 21.1. The van der Waals surface area contributed by atoms with Crippen LogP contribution in [0.3, 0.4) is 0 Å². The van der Waals surface area contributed by atoms with Gasteiger partial charge in [0, 0.05) is 5.56 Å². The second-order valence-corrected chi connectivity index (χ2v) is 7.46. The number of rotatable bonds is 5. The van der Waals surface area contributed by atoms with Crippen molar-refractivity contribution in [1.29, 1.82) is 5.26 Å². The average molecular weight is 381 g/mol. The fourth-order valence-electron chi connectivity index (χ4n) is 2.72. The minimum atomic E-state index is -0.569. The van der Waals surface area contributed by atoms with Gasteiger partial charge in [-0.25, -0.2) is 0 Å². The summed E-state index contributed by atoms with van der Waals surface area (Å²) in [5.41, 5.74) is 1.63. The van der Waals surface area contributed by atoms with Gasteiger partial charge in [-0.1, -0.05) is 32.9 Å². The van der Waals surface area contributed by atoms with Crippen molar-refractivity contribution in [2.24, 2.45) is 0 Å². The van der Waals surface area contributed by atoms with Crippen molar-refractivity contribution in [1.82, 2.24) is 5.32 Å². The molecule has 0 aliphatic heterocycles. The Morgan fingerprint density at radius 2 is 1.75 bits per heavy atom. The van der Waals surface area contributed by atoms with Crippen LogP contribution in [0.5, 0.6) is 0 Å². The lowest BCUT2D eigenvalue weighted by molar-refractivity contribution is -0.115. The van der Waals surface area contributed by atoms with E-state index in [9.17, 15) is 19.6 Å². The van der Waals surface area contributed by atoms with Crippen LogP contribution in [0.4, 0.5) is 5.88 Å². The van der Waals surface area contributed by atoms with Crippen molar-refractivity contribution in [3.63, 3.8) is 0 Å². The molecule has 0 aliphatic rings. The van der Waals surface area contributed by atoms with Crippen LogP contribution in [-0.4, -0.2) is 24.1 Å². The Balaban J connectivity index is 2.01. The van der Waals surface area contributed by atoms with Gasteiger partial charge >= 0.3 is 0 Å². The number of nitriles is 1. The van der Waals surface area contributed by atoms with E-state index in [2.05, 4.69) is 31.4 Å². The summed E-state index contributed by atoms with van der Waals surface area (Å²) in [4.78, 5) is 36.0. The predicted octanol–water partition coefficient (Wildman–Crippen LogP) is 3.33. The number of amides is 2. The Morgan fingerprint density at radius 1 is 1.14 bits per heavy atom. The van der Waals surface area contributed by atoms with Gasteiger partial charge in [0.15, 0.2) is 5.78 Å². The molecular weight excluding hydrogens is 358 g/mol. The van der Waals surface area contributed by atoms with Gasteiger partial charge in [-0.15, -0.1) is 0 Å². The van der Waals surface area contributed by atoms with Crippen molar-refractivity contribution < 1.29 is 18.8 Å². The first-order valence-corrected chi connectivity index (χ1v) is 8.77. The van der Waals surface area contributed by atoms with Crippen LogP contribution in [0.1, 0.15) is 65.3 Å². The van der Waals surface area contributed by atoms with Gasteiger partial charge in [0.2, 0.25) is 11.8 Å². The smallest absolute Gasteiger partial charge is 0.251 e. The summed E-state index contributed by atoms with van der Waals surface area (Å²) in [6.07, 6.45) is 0. The van der Waals surface area contributed by atoms with E-state index < -0.39 is 11.8 Å². The van der Waals surface area contributed by atoms with E-state index in [4.69, 9.17) is 4.42 Å². The second-order valence-electron chi connectivity index (χ2n) is 7.46. The van der Waals surface area contributed by atoms with Crippen LogP contribution in [-0.2, 0) is 10.2 Å². The second kappa shape index (κ2) is 8.09. The van der Waals surface area contributed by atoms with E-state index >= 15 is 0 Å². The number of nitrogens with zero attached hydrogens (tertiary/aromatic N) is 1. The molecule has 7 nitrogen and oxygen atoms in total. The minimum absolute atomic E-state index is 0.0206. The molecule has 28 heavy (non-hydrogen) atoms. The molecule has 0 saturated carbocycles. The quantitative estimate of drug-likeness (QED) is 0.772. The summed E-state index contributed by atoms with van der Waals surface area (Å²) >= 11 is 0. The Bertz CT molecular complexity index is 957. The number of hydrogen-bond donors (Lipinski definition) is 2.